The third kappa shape index (κ3) is 7.71. The second kappa shape index (κ2) is 12.7. The number of amides is 3. The highest BCUT2D eigenvalue weighted by Gasteiger charge is 2.22. The van der Waals surface area contributed by atoms with E-state index in [4.69, 9.17) is 4.74 Å². The number of ether oxygens (including phenoxy) is 1. The Balaban J connectivity index is 2.11. The van der Waals surface area contributed by atoms with Gasteiger partial charge in [0.1, 0.15) is 12.4 Å². The zero-order valence-electron chi connectivity index (χ0n) is 18.6. The number of unbranched alkanes of at least 4 members (excludes halogenated alkanes) is 1. The first kappa shape index (κ1) is 24.4. The quantitative estimate of drug-likeness (QED) is 0.518. The van der Waals surface area contributed by atoms with Gasteiger partial charge in [0.2, 0.25) is 5.91 Å². The fourth-order valence-corrected chi connectivity index (χ4v) is 3.17. The van der Waals surface area contributed by atoms with Crippen molar-refractivity contribution in [3.8, 4) is 0 Å². The maximum atomic E-state index is 14.0. The Kier molecular flexibility index (Phi) is 10.0. The molecule has 1 N–H and O–H groups in total. The molecule has 0 atom stereocenters. The third-order valence-electron chi connectivity index (χ3n) is 5.04. The molecule has 0 saturated carbocycles. The number of hydrogen-bond acceptors (Lipinski definition) is 3. The number of nitrogens with zero attached hydrogens (tertiary/aromatic N) is 3. The van der Waals surface area contributed by atoms with Crippen LogP contribution in [0.15, 0.2) is 42.6 Å². The van der Waals surface area contributed by atoms with E-state index in [-0.39, 0.29) is 18.1 Å². The highest BCUT2D eigenvalue weighted by atomic mass is 19.1. The fraction of sp³-hybridized carbons (Fsp3) is 0.478. The molecule has 1 heterocycles. The molecule has 0 aliphatic heterocycles. The molecule has 0 aliphatic carbocycles. The molecule has 0 saturated heterocycles. The Morgan fingerprint density at radius 1 is 1.10 bits per heavy atom. The van der Waals surface area contributed by atoms with E-state index in [1.165, 1.54) is 17.0 Å². The summed E-state index contributed by atoms with van der Waals surface area (Å²) in [6.07, 6.45) is 4.35. The van der Waals surface area contributed by atoms with E-state index >= 15 is 0 Å². The Labute approximate surface area is 183 Å². The smallest absolute Gasteiger partial charge is 0.322 e. The number of carbonyl (C=O) groups is 2. The first-order valence-electron chi connectivity index (χ1n) is 10.6. The van der Waals surface area contributed by atoms with Crippen LogP contribution in [0.2, 0.25) is 0 Å². The Bertz CT molecular complexity index is 840. The van der Waals surface area contributed by atoms with Gasteiger partial charge in [0.15, 0.2) is 0 Å². The SMILES string of the molecule is CCCCN(Cc1cccn1C)C(=O)CN(CCCOC)C(=O)Nc1ccccc1F. The van der Waals surface area contributed by atoms with E-state index in [1.54, 1.807) is 24.1 Å². The molecular formula is C23H33FN4O3. The van der Waals surface area contributed by atoms with E-state index in [0.717, 1.165) is 18.5 Å². The lowest BCUT2D eigenvalue weighted by molar-refractivity contribution is -0.132. The summed E-state index contributed by atoms with van der Waals surface area (Å²) >= 11 is 0. The predicted molar refractivity (Wildman–Crippen MR) is 119 cm³/mol. The summed E-state index contributed by atoms with van der Waals surface area (Å²) in [4.78, 5) is 29.2. The molecule has 0 bridgehead atoms. The highest BCUT2D eigenvalue weighted by molar-refractivity contribution is 5.92. The number of carbonyl (C=O) groups excluding carboxylic acids is 2. The van der Waals surface area contributed by atoms with Gasteiger partial charge in [-0.05, 0) is 37.1 Å². The van der Waals surface area contributed by atoms with Gasteiger partial charge in [0, 0.05) is 45.7 Å². The number of methoxy groups -OCH3 is 1. The minimum Gasteiger partial charge on any atom is -0.385 e. The van der Waals surface area contributed by atoms with Crippen molar-refractivity contribution < 1.29 is 18.7 Å². The summed E-state index contributed by atoms with van der Waals surface area (Å²) in [6, 6.07) is 9.38. The van der Waals surface area contributed by atoms with Crippen LogP contribution in [0.5, 0.6) is 0 Å². The second-order valence-electron chi connectivity index (χ2n) is 7.46. The van der Waals surface area contributed by atoms with Crippen molar-refractivity contribution in [1.82, 2.24) is 14.4 Å². The zero-order chi connectivity index (χ0) is 22.6. The van der Waals surface area contributed by atoms with E-state index in [2.05, 4.69) is 12.2 Å². The number of aryl methyl sites for hydroxylation is 1. The number of aromatic nitrogens is 1. The maximum absolute atomic E-state index is 14.0. The summed E-state index contributed by atoms with van der Waals surface area (Å²) < 4.78 is 21.0. The number of urea groups is 1. The number of nitrogens with one attached hydrogen (secondary N) is 1. The summed E-state index contributed by atoms with van der Waals surface area (Å²) in [5.41, 5.74) is 1.11. The molecule has 170 valence electrons. The molecule has 0 spiro atoms. The summed E-state index contributed by atoms with van der Waals surface area (Å²) in [5.74, 6) is -0.664. The Hall–Kier alpha value is -2.87. The number of anilines is 1. The van der Waals surface area contributed by atoms with E-state index < -0.39 is 11.8 Å². The van der Waals surface area contributed by atoms with Crippen molar-refractivity contribution in [2.24, 2.45) is 7.05 Å². The highest BCUT2D eigenvalue weighted by Crippen LogP contribution is 2.14. The standard InChI is InChI=1S/C23H33FN4O3/c1-4-5-14-27(17-19-10-8-13-26(19)2)22(29)18-28(15-9-16-31-3)23(30)25-21-12-7-6-11-20(21)24/h6-8,10-13H,4-5,9,14-18H2,1-3H3,(H,25,30). The molecule has 1 aromatic carbocycles. The molecule has 0 fully saturated rings. The topological polar surface area (TPSA) is 66.8 Å². The summed E-state index contributed by atoms with van der Waals surface area (Å²) in [5, 5.41) is 2.58. The fourth-order valence-electron chi connectivity index (χ4n) is 3.17. The normalized spacial score (nSPS) is 10.7. The van der Waals surface area contributed by atoms with Crippen LogP contribution in [0.25, 0.3) is 0 Å². The maximum Gasteiger partial charge on any atom is 0.322 e. The van der Waals surface area contributed by atoms with Gasteiger partial charge < -0.3 is 24.4 Å². The first-order valence-corrected chi connectivity index (χ1v) is 10.6. The van der Waals surface area contributed by atoms with Crippen LogP contribution >= 0.6 is 0 Å². The number of para-hydroxylation sites is 1. The number of rotatable bonds is 12. The first-order chi connectivity index (χ1) is 15.0. The molecular weight excluding hydrogens is 399 g/mol. The van der Waals surface area contributed by atoms with Crippen LogP contribution in [0.1, 0.15) is 31.9 Å². The molecule has 7 nitrogen and oxygen atoms in total. The Morgan fingerprint density at radius 3 is 2.48 bits per heavy atom. The summed E-state index contributed by atoms with van der Waals surface area (Å²) in [7, 11) is 3.53. The third-order valence-corrected chi connectivity index (χ3v) is 5.04. The monoisotopic (exact) mass is 432 g/mol. The molecule has 1 aromatic heterocycles. The van der Waals surface area contributed by atoms with Crippen LogP contribution in [0.3, 0.4) is 0 Å². The minimum absolute atomic E-state index is 0.0852. The molecule has 0 radical (unpaired) electrons. The predicted octanol–water partition coefficient (Wildman–Crippen LogP) is 3.86. The van der Waals surface area contributed by atoms with Crippen molar-refractivity contribution >= 4 is 17.6 Å². The molecule has 2 rings (SSSR count). The lowest BCUT2D eigenvalue weighted by Crippen LogP contribution is -2.45. The van der Waals surface area contributed by atoms with Gasteiger partial charge in [-0.1, -0.05) is 25.5 Å². The van der Waals surface area contributed by atoms with Crippen molar-refractivity contribution in [3.05, 3.63) is 54.1 Å². The number of hydrogen-bond donors (Lipinski definition) is 1. The van der Waals surface area contributed by atoms with Crippen LogP contribution in [-0.4, -0.2) is 59.7 Å². The molecule has 31 heavy (non-hydrogen) atoms. The van der Waals surface area contributed by atoms with Crippen molar-refractivity contribution in [2.45, 2.75) is 32.7 Å². The van der Waals surface area contributed by atoms with Crippen LogP contribution < -0.4 is 5.32 Å². The van der Waals surface area contributed by atoms with Crippen molar-refractivity contribution in [2.75, 3.05) is 38.7 Å². The van der Waals surface area contributed by atoms with Gasteiger partial charge >= 0.3 is 6.03 Å². The largest absolute Gasteiger partial charge is 0.385 e. The van der Waals surface area contributed by atoms with Crippen LogP contribution in [0.4, 0.5) is 14.9 Å². The van der Waals surface area contributed by atoms with E-state index in [1.807, 2.05) is 29.9 Å². The van der Waals surface area contributed by atoms with E-state index in [0.29, 0.717) is 32.7 Å². The zero-order valence-corrected chi connectivity index (χ0v) is 18.6. The lowest BCUT2D eigenvalue weighted by atomic mass is 10.2. The van der Waals surface area contributed by atoms with Crippen LogP contribution in [0, 0.1) is 5.82 Å². The van der Waals surface area contributed by atoms with Gasteiger partial charge in [-0.3, -0.25) is 4.79 Å². The molecule has 8 heteroatoms. The molecule has 3 amide bonds. The van der Waals surface area contributed by atoms with E-state index in [9.17, 15) is 14.0 Å². The van der Waals surface area contributed by atoms with Crippen LogP contribution in [-0.2, 0) is 23.1 Å². The summed E-state index contributed by atoms with van der Waals surface area (Å²) in [6.45, 7) is 3.86. The molecule has 0 unspecified atom stereocenters. The number of halogens is 1. The second-order valence-corrected chi connectivity index (χ2v) is 7.46. The minimum atomic E-state index is -0.521. The van der Waals surface area contributed by atoms with Gasteiger partial charge in [-0.25, -0.2) is 9.18 Å². The van der Waals surface area contributed by atoms with Gasteiger partial charge in [0.25, 0.3) is 0 Å². The molecule has 2 aromatic rings. The van der Waals surface area contributed by atoms with Gasteiger partial charge in [-0.15, -0.1) is 0 Å². The van der Waals surface area contributed by atoms with Gasteiger partial charge in [0.05, 0.1) is 12.2 Å². The average molecular weight is 433 g/mol. The number of benzene rings is 1. The lowest BCUT2D eigenvalue weighted by Gasteiger charge is -2.28. The molecule has 0 aliphatic rings. The Morgan fingerprint density at radius 2 is 1.84 bits per heavy atom. The van der Waals surface area contributed by atoms with Gasteiger partial charge in [-0.2, -0.15) is 0 Å². The van der Waals surface area contributed by atoms with Crippen molar-refractivity contribution in [3.63, 3.8) is 0 Å². The average Bonchev–Trinajstić information content (AvgIpc) is 3.16. The van der Waals surface area contributed by atoms with Crippen molar-refractivity contribution in [1.29, 1.82) is 0 Å².